The van der Waals surface area contributed by atoms with Crippen LogP contribution in [0.4, 0.5) is 5.13 Å². The van der Waals surface area contributed by atoms with Crippen molar-refractivity contribution in [3.8, 4) is 0 Å². The van der Waals surface area contributed by atoms with E-state index in [1.807, 2.05) is 42.5 Å². The van der Waals surface area contributed by atoms with E-state index in [2.05, 4.69) is 41.9 Å². The molecule has 0 bridgehead atoms. The van der Waals surface area contributed by atoms with Crippen molar-refractivity contribution in [2.75, 3.05) is 5.01 Å². The molecule has 4 rings (SSSR count). The van der Waals surface area contributed by atoms with E-state index < -0.39 is 0 Å². The fourth-order valence-corrected chi connectivity index (χ4v) is 5.08. The molecule has 4 nitrogen and oxygen atoms in total. The summed E-state index contributed by atoms with van der Waals surface area (Å²) in [5, 5.41) is 6.26. The van der Waals surface area contributed by atoms with Crippen molar-refractivity contribution >= 4 is 93.6 Å². The molecule has 4 aromatic rings. The van der Waals surface area contributed by atoms with Gasteiger partial charge in [0.25, 0.3) is 5.91 Å². The van der Waals surface area contributed by atoms with Gasteiger partial charge in [-0.3, -0.25) is 4.79 Å². The van der Waals surface area contributed by atoms with Crippen LogP contribution in [0.25, 0.3) is 10.2 Å². The highest BCUT2D eigenvalue weighted by Crippen LogP contribution is 2.33. The minimum Gasteiger partial charge on any atom is -0.266 e. The number of hydrazone groups is 1. The molecule has 1 amide bonds. The largest absolute Gasteiger partial charge is 0.290 e. The van der Waals surface area contributed by atoms with E-state index in [4.69, 9.17) is 11.6 Å². The van der Waals surface area contributed by atoms with Crippen molar-refractivity contribution in [2.24, 2.45) is 5.10 Å². The third kappa shape index (κ3) is 4.36. The molecule has 0 spiro atoms. The number of thiophene rings is 1. The minimum atomic E-state index is -0.275. The Balaban J connectivity index is 1.75. The fraction of sp³-hybridized carbons (Fsp3) is 0. The summed E-state index contributed by atoms with van der Waals surface area (Å²) in [5.74, 6) is -0.275. The highest BCUT2D eigenvalue weighted by molar-refractivity contribution is 9.10. The standard InChI is InChI=1S/C19H10Br2ClN3OS2/c20-12-3-1-11(2-4-12)10-23-25(18(26)15-7-8-17(22)27-15)19-24-14-6-5-13(21)9-16(14)28-19/h1-10H/b23-10+. The van der Waals surface area contributed by atoms with E-state index in [0.717, 1.165) is 24.7 Å². The van der Waals surface area contributed by atoms with Crippen LogP contribution in [0, 0.1) is 0 Å². The van der Waals surface area contributed by atoms with Gasteiger partial charge in [0.15, 0.2) is 0 Å². The second kappa shape index (κ2) is 8.42. The third-order valence-corrected chi connectivity index (χ3v) is 6.92. The first-order valence-corrected chi connectivity index (χ1v) is 11.5. The summed E-state index contributed by atoms with van der Waals surface area (Å²) in [6, 6.07) is 16.8. The number of carbonyl (C=O) groups excluding carboxylic acids is 1. The Morgan fingerprint density at radius 3 is 2.50 bits per heavy atom. The monoisotopic (exact) mass is 553 g/mol. The summed E-state index contributed by atoms with van der Waals surface area (Å²) >= 11 is 15.5. The Bertz CT molecular complexity index is 1190. The zero-order chi connectivity index (χ0) is 19.7. The lowest BCUT2D eigenvalue weighted by Crippen LogP contribution is -2.24. The molecular weight excluding hydrogens is 546 g/mol. The Morgan fingerprint density at radius 1 is 1.04 bits per heavy atom. The average Bonchev–Trinajstić information content (AvgIpc) is 3.29. The number of nitrogens with zero attached hydrogens (tertiary/aromatic N) is 3. The summed E-state index contributed by atoms with van der Waals surface area (Å²) < 4.78 is 3.44. The van der Waals surface area contributed by atoms with Crippen LogP contribution in [0.15, 0.2) is 68.6 Å². The number of halogens is 3. The van der Waals surface area contributed by atoms with Crippen LogP contribution in [0.2, 0.25) is 4.34 Å². The maximum Gasteiger partial charge on any atom is 0.290 e. The molecule has 9 heteroatoms. The quantitative estimate of drug-likeness (QED) is 0.197. The number of benzene rings is 2. The average molecular weight is 556 g/mol. The number of amides is 1. The number of hydrogen-bond donors (Lipinski definition) is 0. The predicted octanol–water partition coefficient (Wildman–Crippen LogP) is 7.22. The highest BCUT2D eigenvalue weighted by atomic mass is 79.9. The maximum atomic E-state index is 13.1. The summed E-state index contributed by atoms with van der Waals surface area (Å²) in [4.78, 5) is 18.2. The van der Waals surface area contributed by atoms with Crippen LogP contribution < -0.4 is 5.01 Å². The SMILES string of the molecule is O=C(c1ccc(Cl)s1)N(/N=C/c1ccc(Br)cc1)c1nc2ccc(Br)cc2s1. The molecule has 0 fully saturated rings. The molecule has 140 valence electrons. The summed E-state index contributed by atoms with van der Waals surface area (Å²) in [6.07, 6.45) is 1.64. The van der Waals surface area contributed by atoms with Gasteiger partial charge in [-0.05, 0) is 48.0 Å². The fourth-order valence-electron chi connectivity index (χ4n) is 2.37. The first-order chi connectivity index (χ1) is 13.5. The molecule has 2 aromatic carbocycles. The Labute approximate surface area is 190 Å². The smallest absolute Gasteiger partial charge is 0.266 e. The van der Waals surface area contributed by atoms with E-state index in [0.29, 0.717) is 14.3 Å². The molecule has 0 atom stereocenters. The topological polar surface area (TPSA) is 45.6 Å². The summed E-state index contributed by atoms with van der Waals surface area (Å²) in [6.45, 7) is 0. The van der Waals surface area contributed by atoms with E-state index in [1.54, 1.807) is 18.3 Å². The van der Waals surface area contributed by atoms with Gasteiger partial charge in [0.2, 0.25) is 5.13 Å². The van der Waals surface area contributed by atoms with Gasteiger partial charge in [-0.2, -0.15) is 10.1 Å². The van der Waals surface area contributed by atoms with Gasteiger partial charge in [0.05, 0.1) is 25.6 Å². The number of rotatable bonds is 4. The zero-order valence-electron chi connectivity index (χ0n) is 14.0. The summed E-state index contributed by atoms with van der Waals surface area (Å²) in [7, 11) is 0. The molecule has 0 saturated heterocycles. The zero-order valence-corrected chi connectivity index (χ0v) is 19.5. The van der Waals surface area contributed by atoms with E-state index in [1.165, 1.54) is 27.7 Å². The molecule has 0 radical (unpaired) electrons. The number of hydrogen-bond acceptors (Lipinski definition) is 5. The van der Waals surface area contributed by atoms with Gasteiger partial charge in [-0.1, -0.05) is 66.9 Å². The molecule has 2 aromatic heterocycles. The second-order valence-corrected chi connectivity index (χ2v) is 10.2. The van der Waals surface area contributed by atoms with Gasteiger partial charge in [-0.25, -0.2) is 4.98 Å². The third-order valence-electron chi connectivity index (χ3n) is 3.69. The second-order valence-electron chi connectivity index (χ2n) is 5.63. The van der Waals surface area contributed by atoms with Crippen LogP contribution in [0.1, 0.15) is 15.2 Å². The number of carbonyl (C=O) groups is 1. The number of aromatic nitrogens is 1. The number of thiazole rings is 1. The number of anilines is 1. The normalized spacial score (nSPS) is 11.4. The predicted molar refractivity (Wildman–Crippen MR) is 125 cm³/mol. The Kier molecular flexibility index (Phi) is 5.93. The molecule has 0 aliphatic rings. The van der Waals surface area contributed by atoms with Crippen molar-refractivity contribution in [3.05, 3.63) is 78.3 Å². The van der Waals surface area contributed by atoms with Gasteiger partial charge in [0, 0.05) is 8.95 Å². The molecule has 0 saturated carbocycles. The van der Waals surface area contributed by atoms with Crippen molar-refractivity contribution in [1.29, 1.82) is 0 Å². The van der Waals surface area contributed by atoms with E-state index >= 15 is 0 Å². The Hall–Kier alpha value is -1.58. The molecule has 28 heavy (non-hydrogen) atoms. The van der Waals surface area contributed by atoms with Crippen molar-refractivity contribution in [1.82, 2.24) is 4.98 Å². The molecule has 0 aliphatic heterocycles. The van der Waals surface area contributed by atoms with E-state index in [-0.39, 0.29) is 5.91 Å². The number of fused-ring (bicyclic) bond motifs is 1. The van der Waals surface area contributed by atoms with Gasteiger partial charge in [-0.15, -0.1) is 11.3 Å². The van der Waals surface area contributed by atoms with Crippen LogP contribution in [0.3, 0.4) is 0 Å². The summed E-state index contributed by atoms with van der Waals surface area (Å²) in [5.41, 5.74) is 1.68. The van der Waals surface area contributed by atoms with Crippen LogP contribution in [-0.4, -0.2) is 17.1 Å². The van der Waals surface area contributed by atoms with Crippen molar-refractivity contribution in [2.45, 2.75) is 0 Å². The van der Waals surface area contributed by atoms with Crippen LogP contribution in [0.5, 0.6) is 0 Å². The lowest BCUT2D eigenvalue weighted by Gasteiger charge is -2.12. The molecular formula is C19H10Br2ClN3OS2. The van der Waals surface area contributed by atoms with E-state index in [9.17, 15) is 4.79 Å². The lowest BCUT2D eigenvalue weighted by molar-refractivity contribution is 0.0991. The highest BCUT2D eigenvalue weighted by Gasteiger charge is 2.22. The van der Waals surface area contributed by atoms with Crippen molar-refractivity contribution in [3.63, 3.8) is 0 Å². The minimum absolute atomic E-state index is 0.275. The molecule has 2 heterocycles. The van der Waals surface area contributed by atoms with Crippen LogP contribution in [-0.2, 0) is 0 Å². The maximum absolute atomic E-state index is 13.1. The first kappa shape index (κ1) is 19.7. The van der Waals surface area contributed by atoms with Gasteiger partial charge in [0.1, 0.15) is 0 Å². The first-order valence-electron chi connectivity index (χ1n) is 7.95. The van der Waals surface area contributed by atoms with Crippen LogP contribution >= 0.6 is 66.1 Å². The lowest BCUT2D eigenvalue weighted by atomic mass is 10.2. The Morgan fingerprint density at radius 2 is 1.79 bits per heavy atom. The molecule has 0 unspecified atom stereocenters. The van der Waals surface area contributed by atoms with Crippen molar-refractivity contribution < 1.29 is 4.79 Å². The van der Waals surface area contributed by atoms with Gasteiger partial charge < -0.3 is 0 Å². The molecule has 0 aliphatic carbocycles. The van der Waals surface area contributed by atoms with Gasteiger partial charge >= 0.3 is 0 Å². The molecule has 0 N–H and O–H groups in total.